The van der Waals surface area contributed by atoms with Crippen molar-refractivity contribution in [2.45, 2.75) is 9.79 Å². The Bertz CT molecular complexity index is 497. The molecule has 4 heteroatoms. The molecule has 0 saturated heterocycles. The first-order valence-corrected chi connectivity index (χ1v) is 6.03. The highest BCUT2D eigenvalue weighted by Crippen LogP contribution is 2.36. The summed E-state index contributed by atoms with van der Waals surface area (Å²) in [4.78, 5) is 1.74. The molecule has 0 aliphatic carbocycles. The van der Waals surface area contributed by atoms with Crippen molar-refractivity contribution in [2.75, 3.05) is 0 Å². The van der Waals surface area contributed by atoms with Gasteiger partial charge in [0, 0.05) is 15.9 Å². The Balaban J connectivity index is 2.27. The molecule has 1 radical (unpaired) electrons. The molecular formula is C12H6Cl2FS. The molecule has 0 aromatic heterocycles. The monoisotopic (exact) mass is 271 g/mol. The van der Waals surface area contributed by atoms with Crippen LogP contribution in [0.3, 0.4) is 0 Å². The maximum Gasteiger partial charge on any atom is 0.123 e. The van der Waals surface area contributed by atoms with E-state index in [9.17, 15) is 4.39 Å². The molecule has 0 aliphatic rings. The van der Waals surface area contributed by atoms with E-state index >= 15 is 0 Å². The van der Waals surface area contributed by atoms with Crippen molar-refractivity contribution >= 4 is 35.0 Å². The molecule has 0 amide bonds. The SMILES string of the molecule is Fc1ccc(Sc2cc[c]c(Cl)c2Cl)cc1. The van der Waals surface area contributed by atoms with Crippen LogP contribution in [0.25, 0.3) is 0 Å². The Morgan fingerprint density at radius 1 is 1.06 bits per heavy atom. The zero-order valence-electron chi connectivity index (χ0n) is 8.01. The maximum absolute atomic E-state index is 12.7. The van der Waals surface area contributed by atoms with Gasteiger partial charge in [-0.2, -0.15) is 0 Å². The summed E-state index contributed by atoms with van der Waals surface area (Å²) in [6.07, 6.45) is 0. The molecule has 2 rings (SSSR count). The standard InChI is InChI=1S/C12H6Cl2FS/c13-10-2-1-3-11(12(10)14)16-9-6-4-8(15)5-7-9/h1,3-7H. The van der Waals surface area contributed by atoms with Crippen molar-refractivity contribution < 1.29 is 4.39 Å². The Labute approximate surface area is 107 Å². The van der Waals surface area contributed by atoms with Crippen LogP contribution in [0.2, 0.25) is 10.0 Å². The van der Waals surface area contributed by atoms with E-state index in [2.05, 4.69) is 6.07 Å². The van der Waals surface area contributed by atoms with Crippen molar-refractivity contribution in [3.8, 4) is 0 Å². The van der Waals surface area contributed by atoms with Crippen molar-refractivity contribution in [2.24, 2.45) is 0 Å². The lowest BCUT2D eigenvalue weighted by Crippen LogP contribution is -1.78. The van der Waals surface area contributed by atoms with Crippen LogP contribution in [0.5, 0.6) is 0 Å². The highest BCUT2D eigenvalue weighted by Gasteiger charge is 2.06. The van der Waals surface area contributed by atoms with Crippen LogP contribution in [-0.2, 0) is 0 Å². The summed E-state index contributed by atoms with van der Waals surface area (Å²) < 4.78 is 12.7. The smallest absolute Gasteiger partial charge is 0.123 e. The van der Waals surface area contributed by atoms with Crippen LogP contribution in [-0.4, -0.2) is 0 Å². The molecular weight excluding hydrogens is 266 g/mol. The van der Waals surface area contributed by atoms with Gasteiger partial charge in [0.1, 0.15) is 5.82 Å². The van der Waals surface area contributed by atoms with E-state index in [0.29, 0.717) is 10.0 Å². The average molecular weight is 272 g/mol. The fourth-order valence-corrected chi connectivity index (χ4v) is 2.45. The van der Waals surface area contributed by atoms with Crippen LogP contribution in [0.1, 0.15) is 0 Å². The van der Waals surface area contributed by atoms with Gasteiger partial charge >= 0.3 is 0 Å². The van der Waals surface area contributed by atoms with E-state index in [-0.39, 0.29) is 5.82 Å². The molecule has 0 bridgehead atoms. The van der Waals surface area contributed by atoms with Crippen molar-refractivity contribution in [3.63, 3.8) is 0 Å². The molecule has 0 atom stereocenters. The third-order valence-electron chi connectivity index (χ3n) is 1.90. The largest absolute Gasteiger partial charge is 0.207 e. The first-order valence-electron chi connectivity index (χ1n) is 4.46. The van der Waals surface area contributed by atoms with E-state index < -0.39 is 0 Å². The molecule has 2 aromatic rings. The lowest BCUT2D eigenvalue weighted by atomic mass is 10.3. The van der Waals surface area contributed by atoms with Gasteiger partial charge in [0.25, 0.3) is 0 Å². The summed E-state index contributed by atoms with van der Waals surface area (Å²) in [5.74, 6) is -0.255. The van der Waals surface area contributed by atoms with E-state index in [1.165, 1.54) is 23.9 Å². The first kappa shape index (κ1) is 11.8. The second kappa shape index (κ2) is 5.09. The van der Waals surface area contributed by atoms with Crippen LogP contribution in [0, 0.1) is 11.9 Å². The topological polar surface area (TPSA) is 0 Å². The Hall–Kier alpha value is -0.700. The zero-order valence-corrected chi connectivity index (χ0v) is 10.3. The molecule has 0 aliphatic heterocycles. The van der Waals surface area contributed by atoms with Gasteiger partial charge in [0.05, 0.1) is 10.0 Å². The molecule has 2 aromatic carbocycles. The normalized spacial score (nSPS) is 10.4. The molecule has 0 spiro atoms. The summed E-state index contributed by atoms with van der Waals surface area (Å²) in [7, 11) is 0. The van der Waals surface area contributed by atoms with Gasteiger partial charge in [-0.15, -0.1) is 0 Å². The second-order valence-corrected chi connectivity index (χ2v) is 4.90. The third-order valence-corrected chi connectivity index (χ3v) is 3.86. The molecule has 16 heavy (non-hydrogen) atoms. The van der Waals surface area contributed by atoms with Crippen LogP contribution >= 0.6 is 35.0 Å². The Morgan fingerprint density at radius 3 is 2.44 bits per heavy atom. The van der Waals surface area contributed by atoms with Crippen LogP contribution in [0.4, 0.5) is 4.39 Å². The van der Waals surface area contributed by atoms with Crippen LogP contribution < -0.4 is 0 Å². The molecule has 0 unspecified atom stereocenters. The molecule has 0 nitrogen and oxygen atoms in total. The lowest BCUT2D eigenvalue weighted by molar-refractivity contribution is 0.626. The predicted octanol–water partition coefficient (Wildman–Crippen LogP) is 5.08. The summed E-state index contributed by atoms with van der Waals surface area (Å²) in [5.41, 5.74) is 0. The fourth-order valence-electron chi connectivity index (χ4n) is 1.14. The van der Waals surface area contributed by atoms with E-state index in [0.717, 1.165) is 9.79 Å². The summed E-state index contributed by atoms with van der Waals surface area (Å²) in [6, 6.07) is 12.5. The quantitative estimate of drug-likeness (QED) is 0.734. The number of hydrogen-bond acceptors (Lipinski definition) is 1. The zero-order chi connectivity index (χ0) is 11.5. The van der Waals surface area contributed by atoms with Gasteiger partial charge in [-0.05, 0) is 30.3 Å². The van der Waals surface area contributed by atoms with Gasteiger partial charge in [0.2, 0.25) is 0 Å². The summed E-state index contributed by atoms with van der Waals surface area (Å²) >= 11 is 13.3. The third kappa shape index (κ3) is 2.70. The minimum atomic E-state index is -0.255. The van der Waals surface area contributed by atoms with Gasteiger partial charge < -0.3 is 0 Å². The molecule has 0 saturated carbocycles. The minimum Gasteiger partial charge on any atom is -0.207 e. The van der Waals surface area contributed by atoms with E-state index in [1.54, 1.807) is 18.2 Å². The maximum atomic E-state index is 12.7. The van der Waals surface area contributed by atoms with Crippen molar-refractivity contribution in [3.05, 3.63) is 58.3 Å². The number of benzene rings is 2. The van der Waals surface area contributed by atoms with Crippen LogP contribution in [0.15, 0.2) is 46.2 Å². The summed E-state index contributed by atoms with van der Waals surface area (Å²) in [6.45, 7) is 0. The number of halogens is 3. The predicted molar refractivity (Wildman–Crippen MR) is 65.8 cm³/mol. The molecule has 0 N–H and O–H groups in total. The molecule has 0 fully saturated rings. The highest BCUT2D eigenvalue weighted by atomic mass is 35.5. The Kier molecular flexibility index (Phi) is 3.74. The highest BCUT2D eigenvalue weighted by molar-refractivity contribution is 7.99. The van der Waals surface area contributed by atoms with Gasteiger partial charge in [-0.25, -0.2) is 4.39 Å². The van der Waals surface area contributed by atoms with Crippen molar-refractivity contribution in [1.82, 2.24) is 0 Å². The number of rotatable bonds is 2. The summed E-state index contributed by atoms with van der Waals surface area (Å²) in [5, 5.41) is 0.868. The molecule has 81 valence electrons. The first-order chi connectivity index (χ1) is 7.66. The second-order valence-electron chi connectivity index (χ2n) is 3.03. The average Bonchev–Trinajstić information content (AvgIpc) is 2.28. The van der Waals surface area contributed by atoms with Crippen molar-refractivity contribution in [1.29, 1.82) is 0 Å². The lowest BCUT2D eigenvalue weighted by Gasteiger charge is -2.04. The van der Waals surface area contributed by atoms with E-state index in [4.69, 9.17) is 23.2 Å². The minimum absolute atomic E-state index is 0.255. The van der Waals surface area contributed by atoms with Gasteiger partial charge in [-0.3, -0.25) is 0 Å². The molecule has 0 heterocycles. The fraction of sp³-hybridized carbons (Fsp3) is 0. The van der Waals surface area contributed by atoms with Gasteiger partial charge in [-0.1, -0.05) is 41.0 Å². The van der Waals surface area contributed by atoms with Gasteiger partial charge in [0.15, 0.2) is 0 Å². The number of hydrogen-bond donors (Lipinski definition) is 0. The van der Waals surface area contributed by atoms with E-state index in [1.807, 2.05) is 6.07 Å². The Morgan fingerprint density at radius 2 is 1.75 bits per heavy atom.